The Labute approximate surface area is 84.9 Å². The molecule has 0 radical (unpaired) electrons. The van der Waals surface area contributed by atoms with E-state index in [4.69, 9.17) is 28.5 Å². The van der Waals surface area contributed by atoms with Crippen molar-refractivity contribution >= 4 is 28.9 Å². The van der Waals surface area contributed by atoms with Crippen molar-refractivity contribution in [1.29, 1.82) is 5.26 Å². The summed E-state index contributed by atoms with van der Waals surface area (Å²) in [5.74, 6) is -0.647. The van der Waals surface area contributed by atoms with Crippen molar-refractivity contribution in [2.45, 2.75) is 0 Å². The van der Waals surface area contributed by atoms with Gasteiger partial charge in [-0.15, -0.1) is 0 Å². The molecule has 0 aliphatic carbocycles. The van der Waals surface area contributed by atoms with Gasteiger partial charge in [-0.2, -0.15) is 5.26 Å². The first-order valence-electron chi connectivity index (χ1n) is 3.40. The van der Waals surface area contributed by atoms with Gasteiger partial charge < -0.3 is 5.32 Å². The van der Waals surface area contributed by atoms with Crippen molar-refractivity contribution in [2.24, 2.45) is 0 Å². The van der Waals surface area contributed by atoms with Gasteiger partial charge in [0.25, 0.3) is 0 Å². The lowest BCUT2D eigenvalue weighted by molar-refractivity contribution is 0.629. The van der Waals surface area contributed by atoms with Gasteiger partial charge in [0.2, 0.25) is 0 Å². The van der Waals surface area contributed by atoms with Gasteiger partial charge in [-0.3, -0.25) is 0 Å². The van der Waals surface area contributed by atoms with Crippen molar-refractivity contribution in [3.63, 3.8) is 0 Å². The van der Waals surface area contributed by atoms with Crippen LogP contribution in [0.3, 0.4) is 0 Å². The van der Waals surface area contributed by atoms with Crippen molar-refractivity contribution in [1.82, 2.24) is 0 Å². The molecule has 0 unspecified atom stereocenters. The molecule has 0 amide bonds. The molecule has 0 aliphatic rings. The first-order chi connectivity index (χ1) is 6.15. The van der Waals surface area contributed by atoms with E-state index < -0.39 is 5.82 Å². The molecule has 1 aromatic rings. The number of nitrogens with zero attached hydrogens (tertiary/aromatic N) is 1. The summed E-state index contributed by atoms with van der Waals surface area (Å²) >= 11 is 11.0. The maximum atomic E-state index is 12.9. The standard InChI is InChI=1S/C8H5Cl2FN2/c9-6-3-5(13-2-1-12)4-7(10)8(6)11/h3-4,13H,2H2. The van der Waals surface area contributed by atoms with Gasteiger partial charge in [-0.1, -0.05) is 23.2 Å². The van der Waals surface area contributed by atoms with Crippen molar-refractivity contribution < 1.29 is 4.39 Å². The molecule has 1 rings (SSSR count). The predicted molar refractivity (Wildman–Crippen MR) is 50.5 cm³/mol. The Morgan fingerprint density at radius 1 is 1.38 bits per heavy atom. The van der Waals surface area contributed by atoms with Crippen LogP contribution in [0, 0.1) is 17.1 Å². The van der Waals surface area contributed by atoms with Crippen LogP contribution in [0.5, 0.6) is 0 Å². The summed E-state index contributed by atoms with van der Waals surface area (Å²) in [7, 11) is 0. The zero-order valence-electron chi connectivity index (χ0n) is 6.44. The minimum absolute atomic E-state index is 0.0621. The predicted octanol–water partition coefficient (Wildman–Crippen LogP) is 3.07. The molecule has 1 N–H and O–H groups in total. The second-order valence-corrected chi connectivity index (χ2v) is 3.08. The van der Waals surface area contributed by atoms with E-state index >= 15 is 0 Å². The average molecular weight is 219 g/mol. The normalized spacial score (nSPS) is 9.38. The van der Waals surface area contributed by atoms with Gasteiger partial charge >= 0.3 is 0 Å². The SMILES string of the molecule is N#CCNc1cc(Cl)c(F)c(Cl)c1. The van der Waals surface area contributed by atoms with Crippen molar-refractivity contribution in [3.8, 4) is 6.07 Å². The summed E-state index contributed by atoms with van der Waals surface area (Å²) in [6.07, 6.45) is 0. The quantitative estimate of drug-likeness (QED) is 0.612. The van der Waals surface area contributed by atoms with Crippen LogP contribution in [0.25, 0.3) is 0 Å². The summed E-state index contributed by atoms with van der Waals surface area (Å²) in [5.41, 5.74) is 0.526. The Morgan fingerprint density at radius 3 is 2.38 bits per heavy atom. The van der Waals surface area contributed by atoms with E-state index in [0.29, 0.717) is 5.69 Å². The smallest absolute Gasteiger partial charge is 0.160 e. The number of benzene rings is 1. The molecule has 0 aromatic heterocycles. The third-order valence-corrected chi connectivity index (χ3v) is 1.91. The number of anilines is 1. The molecular formula is C8H5Cl2FN2. The van der Waals surface area contributed by atoms with Crippen LogP contribution in [0.1, 0.15) is 0 Å². The fraction of sp³-hybridized carbons (Fsp3) is 0.125. The van der Waals surface area contributed by atoms with E-state index in [-0.39, 0.29) is 16.6 Å². The summed E-state index contributed by atoms with van der Waals surface area (Å²) in [4.78, 5) is 0. The van der Waals surface area contributed by atoms with Gasteiger partial charge in [-0.25, -0.2) is 4.39 Å². The summed E-state index contributed by atoms with van der Waals surface area (Å²) in [6, 6.07) is 4.63. The van der Waals surface area contributed by atoms with Crippen LogP contribution in [-0.4, -0.2) is 6.54 Å². The molecule has 0 bridgehead atoms. The Morgan fingerprint density at radius 2 is 1.92 bits per heavy atom. The molecule has 68 valence electrons. The van der Waals surface area contributed by atoms with E-state index in [0.717, 1.165) is 0 Å². The molecule has 0 fully saturated rings. The van der Waals surface area contributed by atoms with E-state index in [2.05, 4.69) is 5.32 Å². The Bertz CT molecular complexity index is 337. The maximum absolute atomic E-state index is 12.9. The van der Waals surface area contributed by atoms with Crippen LogP contribution in [0.15, 0.2) is 12.1 Å². The molecule has 0 atom stereocenters. The summed E-state index contributed by atoms with van der Waals surface area (Å²) in [5, 5.41) is 10.9. The number of hydrogen-bond donors (Lipinski definition) is 1. The molecule has 0 spiro atoms. The fourth-order valence-electron chi connectivity index (χ4n) is 0.799. The average Bonchev–Trinajstić information content (AvgIpc) is 2.10. The highest BCUT2D eigenvalue weighted by atomic mass is 35.5. The number of rotatable bonds is 2. The first-order valence-corrected chi connectivity index (χ1v) is 4.16. The lowest BCUT2D eigenvalue weighted by Gasteiger charge is -2.04. The van der Waals surface area contributed by atoms with E-state index in [1.807, 2.05) is 6.07 Å². The fourth-order valence-corrected chi connectivity index (χ4v) is 1.29. The largest absolute Gasteiger partial charge is 0.372 e. The molecule has 2 nitrogen and oxygen atoms in total. The molecule has 1 aromatic carbocycles. The first kappa shape index (κ1) is 10.1. The van der Waals surface area contributed by atoms with E-state index in [1.165, 1.54) is 12.1 Å². The molecule has 0 saturated carbocycles. The lowest BCUT2D eigenvalue weighted by Crippen LogP contribution is -1.98. The number of nitriles is 1. The second kappa shape index (κ2) is 4.31. The van der Waals surface area contributed by atoms with Gasteiger partial charge in [0.1, 0.15) is 6.54 Å². The number of nitrogens with one attached hydrogen (secondary N) is 1. The van der Waals surface area contributed by atoms with Crippen LogP contribution in [-0.2, 0) is 0 Å². The van der Waals surface area contributed by atoms with Crippen LogP contribution < -0.4 is 5.32 Å². The van der Waals surface area contributed by atoms with Gasteiger partial charge in [-0.05, 0) is 12.1 Å². The van der Waals surface area contributed by atoms with Gasteiger partial charge in [0.15, 0.2) is 5.82 Å². The third kappa shape index (κ3) is 2.48. The third-order valence-electron chi connectivity index (χ3n) is 1.36. The van der Waals surface area contributed by atoms with E-state index in [1.54, 1.807) is 0 Å². The lowest BCUT2D eigenvalue weighted by atomic mass is 10.3. The molecule has 13 heavy (non-hydrogen) atoms. The molecular weight excluding hydrogens is 214 g/mol. The number of halogens is 3. The Hall–Kier alpha value is -0.980. The highest BCUT2D eigenvalue weighted by molar-refractivity contribution is 6.35. The highest BCUT2D eigenvalue weighted by Gasteiger charge is 2.06. The molecule has 5 heteroatoms. The van der Waals surface area contributed by atoms with Gasteiger partial charge in [0.05, 0.1) is 16.1 Å². The second-order valence-electron chi connectivity index (χ2n) is 2.27. The highest BCUT2D eigenvalue weighted by Crippen LogP contribution is 2.26. The van der Waals surface area contributed by atoms with E-state index in [9.17, 15) is 4.39 Å². The maximum Gasteiger partial charge on any atom is 0.160 e. The topological polar surface area (TPSA) is 35.8 Å². The van der Waals surface area contributed by atoms with Gasteiger partial charge in [0, 0.05) is 5.69 Å². The van der Waals surface area contributed by atoms with Crippen LogP contribution in [0.4, 0.5) is 10.1 Å². The zero-order valence-corrected chi connectivity index (χ0v) is 7.95. The number of hydrogen-bond acceptors (Lipinski definition) is 2. The minimum Gasteiger partial charge on any atom is -0.372 e. The minimum atomic E-state index is -0.647. The Kier molecular flexibility index (Phi) is 3.35. The molecule has 0 heterocycles. The zero-order chi connectivity index (χ0) is 9.84. The summed E-state index contributed by atoms with van der Waals surface area (Å²) < 4.78 is 12.9. The monoisotopic (exact) mass is 218 g/mol. The summed E-state index contributed by atoms with van der Waals surface area (Å²) in [6.45, 7) is 0.123. The Balaban J connectivity index is 2.94. The van der Waals surface area contributed by atoms with Crippen molar-refractivity contribution in [2.75, 3.05) is 11.9 Å². The van der Waals surface area contributed by atoms with Crippen molar-refractivity contribution in [3.05, 3.63) is 28.0 Å². The molecule has 0 saturated heterocycles. The molecule has 0 aliphatic heterocycles. The van der Waals surface area contributed by atoms with Crippen LogP contribution >= 0.6 is 23.2 Å². The van der Waals surface area contributed by atoms with Crippen LogP contribution in [0.2, 0.25) is 10.0 Å².